The van der Waals surface area contributed by atoms with E-state index in [4.69, 9.17) is 0 Å². The van der Waals surface area contributed by atoms with Gasteiger partial charge in [0.2, 0.25) is 5.91 Å². The molecule has 0 aromatic carbocycles. The smallest absolute Gasteiger partial charge is 0.219 e. The second-order valence-electron chi connectivity index (χ2n) is 5.01. The lowest BCUT2D eigenvalue weighted by molar-refractivity contribution is -0.128. The molecular weight excluding hydrogens is 226 g/mol. The van der Waals surface area contributed by atoms with Gasteiger partial charge in [0.15, 0.2) is 0 Å². The van der Waals surface area contributed by atoms with Gasteiger partial charge in [0, 0.05) is 39.7 Å². The van der Waals surface area contributed by atoms with Gasteiger partial charge in [-0.05, 0) is 18.4 Å². The molecule has 2 rings (SSSR count). The third kappa shape index (κ3) is 2.63. The third-order valence-electron chi connectivity index (χ3n) is 3.42. The summed E-state index contributed by atoms with van der Waals surface area (Å²) in [5, 5.41) is 0. The van der Waals surface area contributed by atoms with Crippen molar-refractivity contribution in [2.45, 2.75) is 19.8 Å². The number of amides is 1. The van der Waals surface area contributed by atoms with E-state index < -0.39 is 0 Å². The topological polar surface area (TPSA) is 35.9 Å². The molecule has 2 aliphatic rings. The first-order valence-electron chi connectivity index (χ1n) is 6.46. The summed E-state index contributed by atoms with van der Waals surface area (Å²) in [5.74, 6) is 1.17. The molecule has 0 atom stereocenters. The molecule has 0 unspecified atom stereocenters. The van der Waals surface area contributed by atoms with Crippen LogP contribution < -0.4 is 0 Å². The number of hydrogen-bond donors (Lipinski definition) is 0. The van der Waals surface area contributed by atoms with E-state index in [-0.39, 0.29) is 5.91 Å². The Balaban J connectivity index is 2.37. The fourth-order valence-corrected chi connectivity index (χ4v) is 2.49. The van der Waals surface area contributed by atoms with Gasteiger partial charge < -0.3 is 9.80 Å². The third-order valence-corrected chi connectivity index (χ3v) is 3.42. The van der Waals surface area contributed by atoms with Crippen molar-refractivity contribution in [2.75, 3.05) is 33.7 Å². The Hall–Kier alpha value is -1.58. The molecule has 98 valence electrons. The first-order valence-corrected chi connectivity index (χ1v) is 6.46. The lowest BCUT2D eigenvalue weighted by atomic mass is 10.0. The first-order chi connectivity index (χ1) is 8.59. The summed E-state index contributed by atoms with van der Waals surface area (Å²) >= 11 is 0. The van der Waals surface area contributed by atoms with Crippen molar-refractivity contribution < 1.29 is 4.79 Å². The quantitative estimate of drug-likeness (QED) is 0.649. The number of rotatable bonds is 0. The molecule has 2 aliphatic heterocycles. The number of likely N-dealkylation sites (N-methyl/N-ethyl adjacent to an activating group) is 1. The predicted octanol–water partition coefficient (Wildman–Crippen LogP) is 1.46. The number of allylic oxidation sites excluding steroid dienone is 2. The summed E-state index contributed by atoms with van der Waals surface area (Å²) in [4.78, 5) is 20.2. The number of carbonyl (C=O) groups is 1. The summed E-state index contributed by atoms with van der Waals surface area (Å²) in [6.07, 6.45) is 6.35. The van der Waals surface area contributed by atoms with Gasteiger partial charge in [0.1, 0.15) is 5.84 Å². The van der Waals surface area contributed by atoms with Crippen molar-refractivity contribution in [3.05, 3.63) is 23.3 Å². The van der Waals surface area contributed by atoms with Crippen LogP contribution in [0.1, 0.15) is 19.8 Å². The number of amidine groups is 1. The lowest BCUT2D eigenvalue weighted by Crippen LogP contribution is -2.35. The van der Waals surface area contributed by atoms with Gasteiger partial charge in [-0.1, -0.05) is 12.2 Å². The van der Waals surface area contributed by atoms with Gasteiger partial charge in [0.25, 0.3) is 0 Å². The van der Waals surface area contributed by atoms with Gasteiger partial charge >= 0.3 is 0 Å². The highest BCUT2D eigenvalue weighted by Crippen LogP contribution is 2.23. The van der Waals surface area contributed by atoms with Crippen LogP contribution in [-0.4, -0.2) is 55.3 Å². The monoisotopic (exact) mass is 247 g/mol. The summed E-state index contributed by atoms with van der Waals surface area (Å²) in [5.41, 5.74) is 2.55. The normalized spacial score (nSPS) is 19.9. The Kier molecular flexibility index (Phi) is 3.84. The molecule has 0 radical (unpaired) electrons. The molecule has 18 heavy (non-hydrogen) atoms. The summed E-state index contributed by atoms with van der Waals surface area (Å²) in [7, 11) is 4.02. The second kappa shape index (κ2) is 5.38. The van der Waals surface area contributed by atoms with Crippen LogP contribution in [0.3, 0.4) is 0 Å². The molecule has 1 amide bonds. The molecule has 4 nitrogen and oxygen atoms in total. The summed E-state index contributed by atoms with van der Waals surface area (Å²) < 4.78 is 0. The fraction of sp³-hybridized carbons (Fsp3) is 0.571. The van der Waals surface area contributed by atoms with Crippen molar-refractivity contribution in [3.8, 4) is 0 Å². The average molecular weight is 247 g/mol. The SMILES string of the molecule is CC(=O)N1CCCC2=C(C1)C(N(C)C)=NCC=C2. The maximum absolute atomic E-state index is 11.6. The Labute approximate surface area is 109 Å². The predicted molar refractivity (Wildman–Crippen MR) is 73.6 cm³/mol. The average Bonchev–Trinajstić information content (AvgIpc) is 2.60. The van der Waals surface area contributed by atoms with Crippen LogP contribution in [0, 0.1) is 0 Å². The van der Waals surface area contributed by atoms with Crippen molar-refractivity contribution in [1.29, 1.82) is 0 Å². The van der Waals surface area contributed by atoms with Crippen LogP contribution in [0.4, 0.5) is 0 Å². The lowest BCUT2D eigenvalue weighted by Gasteiger charge is -2.24. The van der Waals surface area contributed by atoms with Crippen molar-refractivity contribution in [2.24, 2.45) is 4.99 Å². The van der Waals surface area contributed by atoms with E-state index in [0.29, 0.717) is 6.54 Å². The number of carbonyl (C=O) groups excluding carboxylic acids is 1. The zero-order valence-corrected chi connectivity index (χ0v) is 11.4. The number of aliphatic imine (C=N–C) groups is 1. The van der Waals surface area contributed by atoms with E-state index in [1.807, 2.05) is 23.9 Å². The van der Waals surface area contributed by atoms with E-state index in [2.05, 4.69) is 17.1 Å². The van der Waals surface area contributed by atoms with Crippen LogP contribution >= 0.6 is 0 Å². The molecule has 0 N–H and O–H groups in total. The Morgan fingerprint density at radius 2 is 2.22 bits per heavy atom. The van der Waals surface area contributed by atoms with E-state index in [1.165, 1.54) is 11.1 Å². The van der Waals surface area contributed by atoms with Crippen LogP contribution in [-0.2, 0) is 4.79 Å². The minimum absolute atomic E-state index is 0.148. The van der Waals surface area contributed by atoms with Gasteiger partial charge in [-0.3, -0.25) is 9.79 Å². The minimum atomic E-state index is 0.148. The van der Waals surface area contributed by atoms with Crippen LogP contribution in [0.25, 0.3) is 0 Å². The largest absolute Gasteiger partial charge is 0.363 e. The molecule has 0 aromatic rings. The molecule has 4 heteroatoms. The fourth-order valence-electron chi connectivity index (χ4n) is 2.49. The zero-order chi connectivity index (χ0) is 13.1. The summed E-state index contributed by atoms with van der Waals surface area (Å²) in [6, 6.07) is 0. The highest BCUT2D eigenvalue weighted by Gasteiger charge is 2.22. The Bertz CT molecular complexity index is 432. The Morgan fingerprint density at radius 1 is 1.44 bits per heavy atom. The van der Waals surface area contributed by atoms with Crippen molar-refractivity contribution >= 4 is 11.7 Å². The van der Waals surface area contributed by atoms with Gasteiger partial charge in [-0.2, -0.15) is 0 Å². The van der Waals surface area contributed by atoms with E-state index in [0.717, 1.165) is 31.8 Å². The second-order valence-corrected chi connectivity index (χ2v) is 5.01. The standard InChI is InChI=1S/C14H21N3O/c1-11(18)17-9-5-7-12-6-4-8-15-14(16(2)3)13(12)10-17/h4,6H,5,7-10H2,1-3H3. The molecule has 0 saturated heterocycles. The molecule has 0 spiro atoms. The van der Waals surface area contributed by atoms with E-state index in [9.17, 15) is 4.79 Å². The van der Waals surface area contributed by atoms with Crippen LogP contribution in [0.2, 0.25) is 0 Å². The zero-order valence-electron chi connectivity index (χ0n) is 11.4. The number of hydrogen-bond acceptors (Lipinski definition) is 3. The van der Waals surface area contributed by atoms with Crippen LogP contribution in [0.5, 0.6) is 0 Å². The molecule has 2 heterocycles. The van der Waals surface area contributed by atoms with E-state index >= 15 is 0 Å². The van der Waals surface area contributed by atoms with Gasteiger partial charge in [-0.15, -0.1) is 0 Å². The van der Waals surface area contributed by atoms with Gasteiger partial charge in [0.05, 0.1) is 6.54 Å². The number of nitrogens with zero attached hydrogens (tertiary/aromatic N) is 3. The van der Waals surface area contributed by atoms with Crippen molar-refractivity contribution in [1.82, 2.24) is 9.80 Å². The summed E-state index contributed by atoms with van der Waals surface area (Å²) in [6.45, 7) is 3.90. The molecule has 0 aromatic heterocycles. The van der Waals surface area contributed by atoms with Gasteiger partial charge in [-0.25, -0.2) is 0 Å². The van der Waals surface area contributed by atoms with Crippen LogP contribution in [0.15, 0.2) is 28.3 Å². The van der Waals surface area contributed by atoms with E-state index in [1.54, 1.807) is 6.92 Å². The maximum atomic E-state index is 11.6. The highest BCUT2D eigenvalue weighted by molar-refractivity contribution is 6.00. The first kappa shape index (κ1) is 12.9. The molecule has 0 aliphatic carbocycles. The highest BCUT2D eigenvalue weighted by atomic mass is 16.2. The maximum Gasteiger partial charge on any atom is 0.219 e. The molecular formula is C14H21N3O. The minimum Gasteiger partial charge on any atom is -0.363 e. The Morgan fingerprint density at radius 3 is 2.89 bits per heavy atom. The molecule has 0 fully saturated rings. The molecule has 0 saturated carbocycles. The molecule has 0 bridgehead atoms. The van der Waals surface area contributed by atoms with Crippen molar-refractivity contribution in [3.63, 3.8) is 0 Å².